The van der Waals surface area contributed by atoms with Crippen molar-refractivity contribution in [3.63, 3.8) is 0 Å². The lowest BCUT2D eigenvalue weighted by Gasteiger charge is -2.12. The van der Waals surface area contributed by atoms with E-state index in [0.717, 1.165) is 22.0 Å². The van der Waals surface area contributed by atoms with E-state index in [1.807, 2.05) is 68.1 Å². The largest absolute Gasteiger partial charge is 0.386 e. The van der Waals surface area contributed by atoms with Crippen LogP contribution < -0.4 is 10.6 Å². The Morgan fingerprint density at radius 1 is 1.07 bits per heavy atom. The van der Waals surface area contributed by atoms with Gasteiger partial charge in [-0.2, -0.15) is 0 Å². The van der Waals surface area contributed by atoms with E-state index >= 15 is 0 Å². The van der Waals surface area contributed by atoms with Crippen molar-refractivity contribution in [3.05, 3.63) is 65.4 Å². The van der Waals surface area contributed by atoms with E-state index < -0.39 is 17.9 Å². The predicted molar refractivity (Wildman–Crippen MR) is 105 cm³/mol. The summed E-state index contributed by atoms with van der Waals surface area (Å²) < 4.78 is 1.92. The topological polar surface area (TPSA) is 83.4 Å². The predicted octanol–water partition coefficient (Wildman–Crippen LogP) is 2.58. The summed E-state index contributed by atoms with van der Waals surface area (Å²) in [7, 11) is 1.90. The number of aliphatic hydroxyl groups excluding tert-OH is 1. The Kier molecular flexibility index (Phi) is 5.28. The van der Waals surface area contributed by atoms with E-state index in [9.17, 15) is 14.7 Å². The monoisotopic (exact) mass is 365 g/mol. The fourth-order valence-corrected chi connectivity index (χ4v) is 3.03. The molecule has 140 valence electrons. The third kappa shape index (κ3) is 4.01. The molecule has 1 heterocycles. The van der Waals surface area contributed by atoms with Crippen molar-refractivity contribution in [2.75, 3.05) is 11.9 Å². The number of nitrogens with zero attached hydrogens (tertiary/aromatic N) is 1. The third-order valence-electron chi connectivity index (χ3n) is 4.71. The van der Waals surface area contributed by atoms with E-state index in [1.165, 1.54) is 0 Å². The van der Waals surface area contributed by atoms with Gasteiger partial charge in [0.05, 0.1) is 6.10 Å². The minimum Gasteiger partial charge on any atom is -0.386 e. The zero-order chi connectivity index (χ0) is 19.6. The second-order valence-electron chi connectivity index (χ2n) is 6.69. The van der Waals surface area contributed by atoms with Gasteiger partial charge in [0.1, 0.15) is 0 Å². The molecular weight excluding hydrogens is 342 g/mol. The van der Waals surface area contributed by atoms with Gasteiger partial charge < -0.3 is 20.3 Å². The summed E-state index contributed by atoms with van der Waals surface area (Å²) in [5.41, 5.74) is 4.40. The molecule has 0 spiro atoms. The number of carbonyl (C=O) groups excluding carboxylic acids is 2. The normalized spacial score (nSPS) is 12.0. The lowest BCUT2D eigenvalue weighted by Crippen LogP contribution is -2.37. The first kappa shape index (κ1) is 18.7. The van der Waals surface area contributed by atoms with Crippen molar-refractivity contribution in [1.82, 2.24) is 9.88 Å². The number of anilines is 1. The first-order valence-electron chi connectivity index (χ1n) is 8.75. The Hall–Kier alpha value is -3.12. The van der Waals surface area contributed by atoms with Crippen LogP contribution in [0.15, 0.2) is 48.7 Å². The molecule has 0 fully saturated rings. The molecule has 0 aliphatic rings. The summed E-state index contributed by atoms with van der Waals surface area (Å²) in [6.45, 7) is 3.86. The number of hydrogen-bond donors (Lipinski definition) is 3. The molecule has 1 atom stereocenters. The van der Waals surface area contributed by atoms with Gasteiger partial charge in [-0.15, -0.1) is 0 Å². The summed E-state index contributed by atoms with van der Waals surface area (Å²) in [6.07, 6.45) is 0.922. The lowest BCUT2D eigenvalue weighted by atomic mass is 10.1. The second-order valence-corrected chi connectivity index (χ2v) is 6.69. The molecule has 6 nitrogen and oxygen atoms in total. The molecule has 0 radical (unpaired) electrons. The highest BCUT2D eigenvalue weighted by molar-refractivity contribution is 6.39. The number of rotatable bonds is 4. The summed E-state index contributed by atoms with van der Waals surface area (Å²) >= 11 is 0. The van der Waals surface area contributed by atoms with Gasteiger partial charge in [-0.05, 0) is 43.2 Å². The molecule has 6 heteroatoms. The number of carbonyl (C=O) groups is 2. The number of para-hydroxylation sites is 1. The maximum atomic E-state index is 12.1. The number of hydrogen-bond acceptors (Lipinski definition) is 3. The van der Waals surface area contributed by atoms with E-state index in [-0.39, 0.29) is 6.54 Å². The third-order valence-corrected chi connectivity index (χ3v) is 4.71. The van der Waals surface area contributed by atoms with Crippen LogP contribution in [0.25, 0.3) is 10.9 Å². The van der Waals surface area contributed by atoms with Crippen LogP contribution in [0.1, 0.15) is 22.8 Å². The summed E-state index contributed by atoms with van der Waals surface area (Å²) in [6, 6.07) is 13.1. The van der Waals surface area contributed by atoms with Crippen molar-refractivity contribution >= 4 is 28.4 Å². The van der Waals surface area contributed by atoms with Gasteiger partial charge in [-0.1, -0.05) is 24.3 Å². The van der Waals surface area contributed by atoms with Crippen LogP contribution in [0, 0.1) is 13.8 Å². The van der Waals surface area contributed by atoms with Crippen molar-refractivity contribution in [3.8, 4) is 0 Å². The molecule has 1 aromatic heterocycles. The van der Waals surface area contributed by atoms with Crippen molar-refractivity contribution in [2.45, 2.75) is 20.0 Å². The van der Waals surface area contributed by atoms with Gasteiger partial charge in [0, 0.05) is 41.9 Å². The molecule has 27 heavy (non-hydrogen) atoms. The number of amides is 2. The molecule has 1 unspecified atom stereocenters. The highest BCUT2D eigenvalue weighted by Gasteiger charge is 2.18. The number of aliphatic hydroxyl groups is 1. The molecule has 0 aliphatic carbocycles. The van der Waals surface area contributed by atoms with Crippen LogP contribution >= 0.6 is 0 Å². The van der Waals surface area contributed by atoms with Crippen LogP contribution in [-0.2, 0) is 16.6 Å². The highest BCUT2D eigenvalue weighted by atomic mass is 16.3. The Labute approximate surface area is 157 Å². The Balaban J connectivity index is 1.62. The van der Waals surface area contributed by atoms with Gasteiger partial charge >= 0.3 is 11.8 Å². The number of aryl methyl sites for hydroxylation is 3. The Bertz CT molecular complexity index is 1010. The lowest BCUT2D eigenvalue weighted by molar-refractivity contribution is -0.136. The zero-order valence-electron chi connectivity index (χ0n) is 15.6. The molecular formula is C21H23N3O3. The van der Waals surface area contributed by atoms with E-state index in [2.05, 4.69) is 10.6 Å². The average Bonchev–Trinajstić information content (AvgIpc) is 2.99. The maximum absolute atomic E-state index is 12.1. The number of fused-ring (bicyclic) bond motifs is 1. The SMILES string of the molecule is Cc1ccc(NC(=O)C(=O)NCC(O)c2cn(C)c3ccccc23)cc1C. The number of benzene rings is 2. The Morgan fingerprint density at radius 2 is 1.81 bits per heavy atom. The van der Waals surface area contributed by atoms with Gasteiger partial charge in [-0.25, -0.2) is 0 Å². The number of nitrogens with one attached hydrogen (secondary N) is 2. The van der Waals surface area contributed by atoms with Gasteiger partial charge in [0.2, 0.25) is 0 Å². The quantitative estimate of drug-likeness (QED) is 0.622. The molecule has 2 amide bonds. The second kappa shape index (κ2) is 7.63. The van der Waals surface area contributed by atoms with E-state index in [1.54, 1.807) is 6.07 Å². The van der Waals surface area contributed by atoms with Crippen molar-refractivity contribution in [2.24, 2.45) is 7.05 Å². The van der Waals surface area contributed by atoms with Gasteiger partial charge in [0.25, 0.3) is 0 Å². The highest BCUT2D eigenvalue weighted by Crippen LogP contribution is 2.25. The molecule has 0 saturated carbocycles. The summed E-state index contributed by atoms with van der Waals surface area (Å²) in [5, 5.41) is 16.4. The first-order valence-corrected chi connectivity index (χ1v) is 8.75. The molecule has 2 aromatic carbocycles. The van der Waals surface area contributed by atoms with Gasteiger partial charge in [-0.3, -0.25) is 9.59 Å². The Morgan fingerprint density at radius 3 is 2.56 bits per heavy atom. The van der Waals surface area contributed by atoms with Crippen LogP contribution in [0.4, 0.5) is 5.69 Å². The average molecular weight is 365 g/mol. The standard InChI is InChI=1S/C21H23N3O3/c1-13-8-9-15(10-14(13)2)23-21(27)20(26)22-11-19(25)17-12-24(3)18-7-5-4-6-16(17)18/h4-10,12,19,25H,11H2,1-3H3,(H,22,26)(H,23,27). The van der Waals surface area contributed by atoms with Crippen LogP contribution in [0.3, 0.4) is 0 Å². The molecule has 3 rings (SSSR count). The summed E-state index contributed by atoms with van der Waals surface area (Å²) in [5.74, 6) is -1.55. The van der Waals surface area contributed by atoms with E-state index in [4.69, 9.17) is 0 Å². The van der Waals surface area contributed by atoms with Crippen LogP contribution in [0.5, 0.6) is 0 Å². The number of aromatic nitrogens is 1. The fraction of sp³-hybridized carbons (Fsp3) is 0.238. The minimum atomic E-state index is -0.908. The van der Waals surface area contributed by atoms with Gasteiger partial charge in [0.15, 0.2) is 0 Å². The molecule has 0 bridgehead atoms. The first-order chi connectivity index (χ1) is 12.9. The van der Waals surface area contributed by atoms with Crippen molar-refractivity contribution < 1.29 is 14.7 Å². The molecule has 0 saturated heterocycles. The maximum Gasteiger partial charge on any atom is 0.313 e. The van der Waals surface area contributed by atoms with E-state index in [0.29, 0.717) is 11.3 Å². The molecule has 3 aromatic rings. The fourth-order valence-electron chi connectivity index (χ4n) is 3.03. The van der Waals surface area contributed by atoms with Crippen LogP contribution in [0.2, 0.25) is 0 Å². The van der Waals surface area contributed by atoms with Crippen LogP contribution in [-0.4, -0.2) is 28.0 Å². The molecule has 0 aliphatic heterocycles. The summed E-state index contributed by atoms with van der Waals surface area (Å²) in [4.78, 5) is 24.1. The smallest absolute Gasteiger partial charge is 0.313 e. The van der Waals surface area contributed by atoms with Crippen molar-refractivity contribution in [1.29, 1.82) is 0 Å². The zero-order valence-corrected chi connectivity index (χ0v) is 15.6. The minimum absolute atomic E-state index is 0.0484. The molecule has 3 N–H and O–H groups in total.